The van der Waals surface area contributed by atoms with E-state index in [-0.39, 0.29) is 5.91 Å². The van der Waals surface area contributed by atoms with Gasteiger partial charge in [-0.1, -0.05) is 18.2 Å². The predicted octanol–water partition coefficient (Wildman–Crippen LogP) is 2.60. The second-order valence-electron chi connectivity index (χ2n) is 5.77. The fourth-order valence-corrected chi connectivity index (χ4v) is 2.34. The Hall–Kier alpha value is -2.36. The molecular weight excluding hydrogens is 262 g/mol. The minimum Gasteiger partial charge on any atom is -0.399 e. The molecule has 2 N–H and O–H groups in total. The van der Waals surface area contributed by atoms with Crippen LogP contribution in [0.3, 0.4) is 0 Å². The number of benzene rings is 1. The topological polar surface area (TPSA) is 59.2 Å². The summed E-state index contributed by atoms with van der Waals surface area (Å²) in [6.07, 6.45) is 3.50. The van der Waals surface area contributed by atoms with Gasteiger partial charge >= 0.3 is 0 Å². The fourth-order valence-electron chi connectivity index (χ4n) is 2.34. The molecule has 0 aliphatic rings. The van der Waals surface area contributed by atoms with Crippen LogP contribution in [0.1, 0.15) is 25.0 Å². The lowest BCUT2D eigenvalue weighted by Crippen LogP contribution is -2.41. The maximum atomic E-state index is 12.7. The molecule has 1 aromatic heterocycles. The maximum Gasteiger partial charge on any atom is 0.232 e. The number of carbonyl (C=O) groups excluding carboxylic acids is 1. The molecule has 0 fully saturated rings. The van der Waals surface area contributed by atoms with Gasteiger partial charge < -0.3 is 10.6 Å². The molecule has 0 bridgehead atoms. The van der Waals surface area contributed by atoms with E-state index < -0.39 is 5.41 Å². The van der Waals surface area contributed by atoms with Gasteiger partial charge in [-0.05, 0) is 43.2 Å². The number of rotatable bonds is 4. The Morgan fingerprint density at radius 2 is 1.90 bits per heavy atom. The predicted molar refractivity (Wildman–Crippen MR) is 84.6 cm³/mol. The smallest absolute Gasteiger partial charge is 0.232 e. The number of pyridine rings is 1. The van der Waals surface area contributed by atoms with Crippen molar-refractivity contribution < 1.29 is 4.79 Å². The molecule has 0 radical (unpaired) electrons. The van der Waals surface area contributed by atoms with Gasteiger partial charge in [0.2, 0.25) is 5.91 Å². The van der Waals surface area contributed by atoms with Crippen molar-refractivity contribution in [2.75, 3.05) is 12.8 Å². The minimum atomic E-state index is -0.593. The summed E-state index contributed by atoms with van der Waals surface area (Å²) in [7, 11) is 1.81. The highest BCUT2D eigenvalue weighted by atomic mass is 16.2. The van der Waals surface area contributed by atoms with E-state index in [0.717, 1.165) is 11.1 Å². The molecule has 0 atom stereocenters. The highest BCUT2D eigenvalue weighted by Gasteiger charge is 2.32. The van der Waals surface area contributed by atoms with E-state index in [2.05, 4.69) is 4.98 Å². The molecule has 2 aromatic rings. The number of nitrogens with two attached hydrogens (primary N) is 1. The van der Waals surface area contributed by atoms with Crippen LogP contribution in [0.5, 0.6) is 0 Å². The number of hydrogen-bond acceptors (Lipinski definition) is 3. The molecule has 1 amide bonds. The van der Waals surface area contributed by atoms with Gasteiger partial charge in [0, 0.05) is 31.7 Å². The van der Waals surface area contributed by atoms with Gasteiger partial charge in [-0.3, -0.25) is 9.78 Å². The Bertz CT molecular complexity index is 606. The first kappa shape index (κ1) is 15.0. The van der Waals surface area contributed by atoms with E-state index in [1.807, 2.05) is 57.3 Å². The summed E-state index contributed by atoms with van der Waals surface area (Å²) in [5, 5.41) is 0. The zero-order chi connectivity index (χ0) is 15.5. The number of hydrogen-bond donors (Lipinski definition) is 1. The zero-order valence-corrected chi connectivity index (χ0v) is 12.7. The first-order valence-corrected chi connectivity index (χ1v) is 6.92. The number of nitrogen functional groups attached to an aromatic ring is 1. The van der Waals surface area contributed by atoms with Crippen molar-refractivity contribution in [3.05, 3.63) is 59.9 Å². The van der Waals surface area contributed by atoms with Crippen LogP contribution in [0.15, 0.2) is 48.8 Å². The van der Waals surface area contributed by atoms with Crippen molar-refractivity contribution in [1.29, 1.82) is 0 Å². The van der Waals surface area contributed by atoms with Crippen LogP contribution < -0.4 is 5.73 Å². The van der Waals surface area contributed by atoms with Gasteiger partial charge in [0.25, 0.3) is 0 Å². The highest BCUT2D eigenvalue weighted by molar-refractivity contribution is 5.87. The second-order valence-corrected chi connectivity index (χ2v) is 5.77. The van der Waals surface area contributed by atoms with Gasteiger partial charge in [0.1, 0.15) is 0 Å². The molecule has 0 aliphatic heterocycles. The highest BCUT2D eigenvalue weighted by Crippen LogP contribution is 2.26. The number of carbonyl (C=O) groups is 1. The molecule has 0 aliphatic carbocycles. The second kappa shape index (κ2) is 5.95. The van der Waals surface area contributed by atoms with E-state index in [9.17, 15) is 4.79 Å². The molecule has 0 unspecified atom stereocenters. The Morgan fingerprint density at radius 3 is 2.48 bits per heavy atom. The van der Waals surface area contributed by atoms with E-state index in [0.29, 0.717) is 12.2 Å². The summed E-state index contributed by atoms with van der Waals surface area (Å²) in [4.78, 5) is 18.5. The van der Waals surface area contributed by atoms with Crippen molar-refractivity contribution in [2.24, 2.45) is 0 Å². The van der Waals surface area contributed by atoms with E-state index in [4.69, 9.17) is 5.73 Å². The van der Waals surface area contributed by atoms with Crippen molar-refractivity contribution in [2.45, 2.75) is 25.8 Å². The summed E-state index contributed by atoms with van der Waals surface area (Å²) < 4.78 is 0. The lowest BCUT2D eigenvalue weighted by molar-refractivity contribution is -0.135. The third kappa shape index (κ3) is 3.40. The average molecular weight is 283 g/mol. The van der Waals surface area contributed by atoms with Crippen molar-refractivity contribution in [1.82, 2.24) is 9.88 Å². The number of likely N-dealkylation sites (N-methyl/N-ethyl adjacent to an activating group) is 1. The summed E-state index contributed by atoms with van der Waals surface area (Å²) in [5.74, 6) is 0.0659. The van der Waals surface area contributed by atoms with Gasteiger partial charge in [-0.15, -0.1) is 0 Å². The molecule has 1 aromatic carbocycles. The largest absolute Gasteiger partial charge is 0.399 e. The van der Waals surface area contributed by atoms with Gasteiger partial charge in [0.05, 0.1) is 5.41 Å². The van der Waals surface area contributed by atoms with Crippen LogP contribution in [0, 0.1) is 0 Å². The molecule has 0 saturated carbocycles. The van der Waals surface area contributed by atoms with Crippen LogP contribution in [0.4, 0.5) is 5.69 Å². The summed E-state index contributed by atoms with van der Waals surface area (Å²) in [6.45, 7) is 4.41. The lowest BCUT2D eigenvalue weighted by Gasteiger charge is -2.30. The molecule has 1 heterocycles. The third-order valence-electron chi connectivity index (χ3n) is 3.66. The maximum absolute atomic E-state index is 12.7. The van der Waals surface area contributed by atoms with Gasteiger partial charge in [-0.2, -0.15) is 0 Å². The Balaban J connectivity index is 2.15. The van der Waals surface area contributed by atoms with E-state index >= 15 is 0 Å². The van der Waals surface area contributed by atoms with Crippen LogP contribution in [-0.2, 0) is 16.8 Å². The Labute approximate surface area is 125 Å². The first-order valence-electron chi connectivity index (χ1n) is 6.92. The zero-order valence-electron chi connectivity index (χ0n) is 12.7. The third-order valence-corrected chi connectivity index (χ3v) is 3.66. The van der Waals surface area contributed by atoms with Crippen molar-refractivity contribution >= 4 is 11.6 Å². The molecule has 4 nitrogen and oxygen atoms in total. The van der Waals surface area contributed by atoms with Crippen molar-refractivity contribution in [3.8, 4) is 0 Å². The molecule has 4 heteroatoms. The van der Waals surface area contributed by atoms with Gasteiger partial charge in [-0.25, -0.2) is 0 Å². The monoisotopic (exact) mass is 283 g/mol. The first-order chi connectivity index (χ1) is 9.91. The molecule has 110 valence electrons. The normalized spacial score (nSPS) is 11.2. The van der Waals surface area contributed by atoms with Crippen LogP contribution >= 0.6 is 0 Å². The lowest BCUT2D eigenvalue weighted by atomic mass is 9.83. The Kier molecular flexibility index (Phi) is 4.26. The molecule has 21 heavy (non-hydrogen) atoms. The van der Waals surface area contributed by atoms with Crippen LogP contribution in [-0.4, -0.2) is 22.8 Å². The minimum absolute atomic E-state index is 0.0659. The van der Waals surface area contributed by atoms with Crippen LogP contribution in [0.25, 0.3) is 0 Å². The molecule has 0 spiro atoms. The number of aromatic nitrogens is 1. The Morgan fingerprint density at radius 1 is 1.24 bits per heavy atom. The van der Waals surface area contributed by atoms with E-state index in [1.165, 1.54) is 0 Å². The summed E-state index contributed by atoms with van der Waals surface area (Å²) >= 11 is 0. The summed E-state index contributed by atoms with van der Waals surface area (Å²) in [6, 6.07) is 11.3. The summed E-state index contributed by atoms with van der Waals surface area (Å²) in [5.41, 5.74) is 7.79. The number of amides is 1. The number of anilines is 1. The quantitative estimate of drug-likeness (QED) is 0.877. The molecule has 0 saturated heterocycles. The average Bonchev–Trinajstić information content (AvgIpc) is 2.48. The standard InChI is InChI=1S/C17H21N3O/c1-17(2,14-6-8-15(18)9-7-14)16(21)20(3)12-13-5-4-10-19-11-13/h4-11H,12,18H2,1-3H3. The van der Waals surface area contributed by atoms with Crippen LogP contribution in [0.2, 0.25) is 0 Å². The fraction of sp³-hybridized carbons (Fsp3) is 0.294. The molecular formula is C17H21N3O. The molecule has 2 rings (SSSR count). The van der Waals surface area contributed by atoms with Gasteiger partial charge in [0.15, 0.2) is 0 Å². The van der Waals surface area contributed by atoms with E-state index in [1.54, 1.807) is 17.3 Å². The number of nitrogens with zero attached hydrogens (tertiary/aromatic N) is 2. The SMILES string of the molecule is CN(Cc1cccnc1)C(=O)C(C)(C)c1ccc(N)cc1. The van der Waals surface area contributed by atoms with Crippen molar-refractivity contribution in [3.63, 3.8) is 0 Å².